The third-order valence-electron chi connectivity index (χ3n) is 6.80. The summed E-state index contributed by atoms with van der Waals surface area (Å²) in [5.41, 5.74) is 10.8. The zero-order chi connectivity index (χ0) is 31.7. The van der Waals surface area contributed by atoms with Crippen molar-refractivity contribution in [3.05, 3.63) is 95.2 Å². The molecule has 230 valence electrons. The molecule has 3 N–H and O–H groups in total. The van der Waals surface area contributed by atoms with Gasteiger partial charge in [-0.15, -0.1) is 0 Å². The van der Waals surface area contributed by atoms with Crippen LogP contribution in [-0.2, 0) is 16.6 Å². The molecule has 0 fully saturated rings. The Morgan fingerprint density at radius 3 is 2.05 bits per heavy atom. The van der Waals surface area contributed by atoms with Crippen LogP contribution in [0.3, 0.4) is 0 Å². The second kappa shape index (κ2) is 18.5. The highest BCUT2D eigenvalue weighted by atomic mass is 16.5. The van der Waals surface area contributed by atoms with E-state index < -0.39 is 0 Å². The number of methoxy groups -OCH3 is 3. The van der Waals surface area contributed by atoms with E-state index in [1.165, 1.54) is 22.5 Å². The Labute approximate surface area is 253 Å². The van der Waals surface area contributed by atoms with Crippen LogP contribution in [0.5, 0.6) is 17.2 Å². The first-order chi connectivity index (χ1) is 20.4. The maximum absolute atomic E-state index is 7.33. The predicted molar refractivity (Wildman–Crippen MR) is 176 cm³/mol. The molecular weight excluding hydrogens is 526 g/mol. The normalized spacial score (nSPS) is 15.5. The Balaban J connectivity index is 0.000000491. The fourth-order valence-corrected chi connectivity index (χ4v) is 5.04. The Morgan fingerprint density at radius 2 is 1.52 bits per heavy atom. The van der Waals surface area contributed by atoms with E-state index in [1.807, 2.05) is 58.0 Å². The van der Waals surface area contributed by atoms with Crippen molar-refractivity contribution in [2.45, 2.75) is 60.3 Å². The number of anilines is 1. The van der Waals surface area contributed by atoms with Gasteiger partial charge in [0.1, 0.15) is 12.5 Å². The second-order valence-electron chi connectivity index (χ2n) is 9.01. The summed E-state index contributed by atoms with van der Waals surface area (Å²) in [6, 6.07) is 21.8. The molecule has 7 nitrogen and oxygen atoms in total. The standard InChI is InChI=1S/C23H29NO3.C8H10N2O.2C2H6/c1-7-22-23(3,15-16-9-12-20(26-5)21(13-16)27-6)18-14-17(25-4)10-11-19(18)24(22)8-2;9-6-11-8(10)7-4-2-1-3-5-7;2*1-2/h7,9-14H,8,15H2,1-6H3;1-5,10H,6,9H2;2*1-2H3/b22-7-;;;. The number of nitrogens with two attached hydrogens (primary N) is 1. The minimum atomic E-state index is -0.145. The number of hydrogen-bond donors (Lipinski definition) is 2. The van der Waals surface area contributed by atoms with Gasteiger partial charge in [-0.2, -0.15) is 0 Å². The lowest BCUT2D eigenvalue weighted by Crippen LogP contribution is -2.30. The van der Waals surface area contributed by atoms with Crippen LogP contribution in [0.1, 0.15) is 65.2 Å². The molecular formula is C35H51N3O4. The Bertz CT molecular complexity index is 1260. The van der Waals surface area contributed by atoms with Crippen LogP contribution in [0.2, 0.25) is 0 Å². The molecule has 1 unspecified atom stereocenters. The molecule has 3 aromatic rings. The summed E-state index contributed by atoms with van der Waals surface area (Å²) in [4.78, 5) is 2.40. The Kier molecular flexibility index (Phi) is 15.8. The lowest BCUT2D eigenvalue weighted by molar-refractivity contribution is 0.315. The summed E-state index contributed by atoms with van der Waals surface area (Å²) >= 11 is 0. The highest BCUT2D eigenvalue weighted by Gasteiger charge is 2.43. The molecule has 4 rings (SSSR count). The Hall–Kier alpha value is -3.97. The van der Waals surface area contributed by atoms with Crippen molar-refractivity contribution in [3.8, 4) is 17.2 Å². The molecule has 1 aliphatic heterocycles. The van der Waals surface area contributed by atoms with Gasteiger partial charge in [-0.25, -0.2) is 0 Å². The smallest absolute Gasteiger partial charge is 0.214 e. The van der Waals surface area contributed by atoms with Crippen molar-refractivity contribution >= 4 is 11.6 Å². The molecule has 1 heterocycles. The Morgan fingerprint density at radius 1 is 0.881 bits per heavy atom. The third-order valence-corrected chi connectivity index (χ3v) is 6.80. The van der Waals surface area contributed by atoms with E-state index in [2.05, 4.69) is 56.0 Å². The number of nitrogens with one attached hydrogen (secondary N) is 1. The van der Waals surface area contributed by atoms with E-state index >= 15 is 0 Å². The van der Waals surface area contributed by atoms with E-state index in [-0.39, 0.29) is 18.0 Å². The summed E-state index contributed by atoms with van der Waals surface area (Å²) in [7, 11) is 5.06. The van der Waals surface area contributed by atoms with Crippen molar-refractivity contribution in [2.75, 3.05) is 39.5 Å². The second-order valence-corrected chi connectivity index (χ2v) is 9.01. The van der Waals surface area contributed by atoms with Gasteiger partial charge in [0.25, 0.3) is 0 Å². The van der Waals surface area contributed by atoms with Crippen molar-refractivity contribution in [2.24, 2.45) is 5.73 Å². The first kappa shape index (κ1) is 36.1. The van der Waals surface area contributed by atoms with Crippen LogP contribution in [0.15, 0.2) is 78.5 Å². The summed E-state index contributed by atoms with van der Waals surface area (Å²) < 4.78 is 21.2. The maximum atomic E-state index is 7.33. The number of rotatable bonds is 8. The lowest BCUT2D eigenvalue weighted by Gasteiger charge is -2.30. The van der Waals surface area contributed by atoms with E-state index in [0.717, 1.165) is 35.8 Å². The molecule has 42 heavy (non-hydrogen) atoms. The van der Waals surface area contributed by atoms with Gasteiger partial charge in [-0.05, 0) is 80.8 Å². The number of allylic oxidation sites excluding steroid dienone is 2. The monoisotopic (exact) mass is 577 g/mol. The molecule has 0 amide bonds. The van der Waals surface area contributed by atoms with Crippen molar-refractivity contribution < 1.29 is 18.9 Å². The van der Waals surface area contributed by atoms with Crippen LogP contribution in [-0.4, -0.2) is 40.5 Å². The molecule has 0 bridgehead atoms. The van der Waals surface area contributed by atoms with Gasteiger partial charge in [-0.1, -0.05) is 58.0 Å². The highest BCUT2D eigenvalue weighted by molar-refractivity contribution is 5.91. The average Bonchev–Trinajstić information content (AvgIpc) is 3.29. The number of ether oxygens (including phenoxy) is 4. The number of hydrogen-bond acceptors (Lipinski definition) is 7. The quantitative estimate of drug-likeness (QED) is 0.160. The van der Waals surface area contributed by atoms with E-state index in [1.54, 1.807) is 33.5 Å². The molecule has 0 saturated heterocycles. The third kappa shape index (κ3) is 8.52. The van der Waals surface area contributed by atoms with E-state index in [9.17, 15) is 0 Å². The van der Waals surface area contributed by atoms with Gasteiger partial charge in [0.05, 0.1) is 21.3 Å². The molecule has 1 atom stereocenters. The molecule has 0 spiro atoms. The summed E-state index contributed by atoms with van der Waals surface area (Å²) in [5, 5.41) is 7.33. The SMILES string of the molecule is C/C=C1\N(CC)c2ccc(OC)cc2C1(C)Cc1ccc(OC)c(OC)c1.CC.CC.N=C(OCN)c1ccccc1. The van der Waals surface area contributed by atoms with Crippen molar-refractivity contribution in [1.82, 2.24) is 0 Å². The fraction of sp³-hybridized carbons (Fsp3) is 0.400. The van der Waals surface area contributed by atoms with Gasteiger partial charge in [0.2, 0.25) is 5.90 Å². The van der Waals surface area contributed by atoms with Gasteiger partial charge >= 0.3 is 0 Å². The highest BCUT2D eigenvalue weighted by Crippen LogP contribution is 2.51. The number of benzene rings is 3. The average molecular weight is 578 g/mol. The first-order valence-electron chi connectivity index (χ1n) is 14.7. The van der Waals surface area contributed by atoms with Crippen LogP contribution in [0.4, 0.5) is 5.69 Å². The number of fused-ring (bicyclic) bond motifs is 1. The molecule has 0 aliphatic carbocycles. The molecule has 0 radical (unpaired) electrons. The van der Waals surface area contributed by atoms with Crippen LogP contribution in [0.25, 0.3) is 0 Å². The van der Waals surface area contributed by atoms with E-state index in [4.69, 9.17) is 30.1 Å². The largest absolute Gasteiger partial charge is 0.497 e. The lowest BCUT2D eigenvalue weighted by atomic mass is 9.76. The van der Waals surface area contributed by atoms with E-state index in [0.29, 0.717) is 0 Å². The maximum Gasteiger partial charge on any atom is 0.214 e. The predicted octanol–water partition coefficient (Wildman–Crippen LogP) is 7.95. The van der Waals surface area contributed by atoms with Crippen LogP contribution in [0, 0.1) is 5.41 Å². The molecule has 1 aliphatic rings. The number of likely N-dealkylation sites (N-methyl/N-ethyl adjacent to an activating group) is 1. The molecule has 7 heteroatoms. The summed E-state index contributed by atoms with van der Waals surface area (Å²) in [6.45, 7) is 15.6. The molecule has 0 saturated carbocycles. The zero-order valence-electron chi connectivity index (χ0n) is 27.2. The van der Waals surface area contributed by atoms with Gasteiger partial charge < -0.3 is 23.8 Å². The fourth-order valence-electron chi connectivity index (χ4n) is 5.04. The van der Waals surface area contributed by atoms with Crippen molar-refractivity contribution in [3.63, 3.8) is 0 Å². The van der Waals surface area contributed by atoms with Gasteiger partial charge in [0.15, 0.2) is 11.5 Å². The first-order valence-corrected chi connectivity index (χ1v) is 14.7. The zero-order valence-corrected chi connectivity index (χ0v) is 27.2. The minimum Gasteiger partial charge on any atom is -0.497 e. The topological polar surface area (TPSA) is 90.0 Å². The minimum absolute atomic E-state index is 0.0493. The van der Waals surface area contributed by atoms with Gasteiger partial charge in [0, 0.05) is 28.9 Å². The van der Waals surface area contributed by atoms with Crippen molar-refractivity contribution in [1.29, 1.82) is 5.41 Å². The van der Waals surface area contributed by atoms with Crippen LogP contribution < -0.4 is 24.8 Å². The van der Waals surface area contributed by atoms with Crippen LogP contribution >= 0.6 is 0 Å². The molecule has 3 aromatic carbocycles. The summed E-state index contributed by atoms with van der Waals surface area (Å²) in [6.07, 6.45) is 3.10. The number of nitrogens with zero attached hydrogens (tertiary/aromatic N) is 1. The van der Waals surface area contributed by atoms with Gasteiger partial charge in [-0.3, -0.25) is 11.1 Å². The molecule has 0 aromatic heterocycles. The summed E-state index contributed by atoms with van der Waals surface area (Å²) in [5.74, 6) is 2.52.